The molecular weight excluding hydrogens is 302 g/mol. The molecule has 1 unspecified atom stereocenters. The van der Waals surface area contributed by atoms with Crippen molar-refractivity contribution in [3.05, 3.63) is 65.2 Å². The first-order valence-corrected chi connectivity index (χ1v) is 7.03. The van der Waals surface area contributed by atoms with Crippen LogP contribution in [0.15, 0.2) is 42.5 Å². The van der Waals surface area contributed by atoms with Crippen LogP contribution >= 0.6 is 0 Å². The Kier molecular flexibility index (Phi) is 4.95. The average molecular weight is 320 g/mol. The number of rotatable bonds is 6. The topological polar surface area (TPSA) is 78.3 Å². The van der Waals surface area contributed by atoms with Crippen LogP contribution in [0.25, 0.3) is 0 Å². The van der Waals surface area contributed by atoms with E-state index in [-0.39, 0.29) is 6.61 Å². The van der Waals surface area contributed by atoms with Gasteiger partial charge in [0.05, 0.1) is 5.54 Å². The number of primary amides is 1. The van der Waals surface area contributed by atoms with Crippen molar-refractivity contribution in [1.82, 2.24) is 0 Å². The Morgan fingerprint density at radius 3 is 2.13 bits per heavy atom. The summed E-state index contributed by atoms with van der Waals surface area (Å²) < 4.78 is 32.1. The predicted molar refractivity (Wildman–Crippen MR) is 82.6 cm³/mol. The summed E-state index contributed by atoms with van der Waals surface area (Å²) in [4.78, 5) is 11.2. The van der Waals surface area contributed by atoms with Gasteiger partial charge < -0.3 is 16.2 Å². The maximum Gasteiger partial charge on any atom is 0.237 e. The molecule has 23 heavy (non-hydrogen) atoms. The van der Waals surface area contributed by atoms with Gasteiger partial charge in [0.2, 0.25) is 5.91 Å². The number of para-hydroxylation sites is 1. The molecule has 0 fully saturated rings. The number of benzene rings is 2. The van der Waals surface area contributed by atoms with Crippen LogP contribution < -0.4 is 16.2 Å². The Morgan fingerprint density at radius 1 is 1.09 bits per heavy atom. The molecule has 2 aromatic rings. The van der Waals surface area contributed by atoms with E-state index in [4.69, 9.17) is 16.2 Å². The van der Waals surface area contributed by atoms with Crippen molar-refractivity contribution in [3.63, 3.8) is 0 Å². The van der Waals surface area contributed by atoms with Gasteiger partial charge in [-0.25, -0.2) is 8.78 Å². The van der Waals surface area contributed by atoms with E-state index in [2.05, 4.69) is 0 Å². The standard InChI is InChI=1S/C17H18F2N2O2/c1-17(21,16(20)22)9-11-5-7-12(8-6-11)10-23-15-13(18)3-2-4-14(15)19/h2-8H,9-10,21H2,1H3,(H2,20,22). The number of hydrogen-bond donors (Lipinski definition) is 2. The molecule has 0 spiro atoms. The normalized spacial score (nSPS) is 13.4. The molecule has 0 saturated heterocycles. The van der Waals surface area contributed by atoms with Crippen molar-refractivity contribution >= 4 is 5.91 Å². The third-order valence-electron chi connectivity index (χ3n) is 3.46. The van der Waals surface area contributed by atoms with Crippen LogP contribution in [-0.2, 0) is 17.8 Å². The fraction of sp³-hybridized carbons (Fsp3) is 0.235. The van der Waals surface area contributed by atoms with Gasteiger partial charge in [-0.1, -0.05) is 30.3 Å². The van der Waals surface area contributed by atoms with E-state index in [1.807, 2.05) is 0 Å². The molecular formula is C17H18F2N2O2. The summed E-state index contributed by atoms with van der Waals surface area (Å²) >= 11 is 0. The van der Waals surface area contributed by atoms with Crippen molar-refractivity contribution in [1.29, 1.82) is 0 Å². The van der Waals surface area contributed by atoms with Crippen molar-refractivity contribution < 1.29 is 18.3 Å². The molecule has 0 radical (unpaired) electrons. The van der Waals surface area contributed by atoms with Crippen molar-refractivity contribution in [2.75, 3.05) is 0 Å². The number of carbonyl (C=O) groups is 1. The number of carbonyl (C=O) groups excluding carboxylic acids is 1. The third kappa shape index (κ3) is 4.26. The minimum absolute atomic E-state index is 0.0217. The smallest absolute Gasteiger partial charge is 0.237 e. The van der Waals surface area contributed by atoms with E-state index < -0.39 is 28.8 Å². The number of nitrogens with two attached hydrogens (primary N) is 2. The highest BCUT2D eigenvalue weighted by molar-refractivity contribution is 5.84. The quantitative estimate of drug-likeness (QED) is 0.857. The maximum absolute atomic E-state index is 13.5. The Balaban J connectivity index is 2.02. The van der Waals surface area contributed by atoms with Gasteiger partial charge in [-0.2, -0.15) is 0 Å². The van der Waals surface area contributed by atoms with E-state index in [9.17, 15) is 13.6 Å². The van der Waals surface area contributed by atoms with E-state index >= 15 is 0 Å². The molecule has 1 atom stereocenters. The monoisotopic (exact) mass is 320 g/mol. The van der Waals surface area contributed by atoms with Gasteiger partial charge in [-0.05, 0) is 36.6 Å². The maximum atomic E-state index is 13.5. The Morgan fingerprint density at radius 2 is 1.61 bits per heavy atom. The molecule has 4 nitrogen and oxygen atoms in total. The van der Waals surface area contributed by atoms with Crippen LogP contribution in [0, 0.1) is 11.6 Å². The summed E-state index contributed by atoms with van der Waals surface area (Å²) in [5.74, 6) is -2.48. The second-order valence-corrected chi connectivity index (χ2v) is 5.61. The zero-order chi connectivity index (χ0) is 17.0. The lowest BCUT2D eigenvalue weighted by molar-refractivity contribution is -0.122. The van der Waals surface area contributed by atoms with Crippen LogP contribution in [0.1, 0.15) is 18.1 Å². The van der Waals surface area contributed by atoms with Crippen molar-refractivity contribution in [3.8, 4) is 5.75 Å². The lowest BCUT2D eigenvalue weighted by Gasteiger charge is -2.20. The number of halogens is 2. The summed E-state index contributed by atoms with van der Waals surface area (Å²) in [5.41, 5.74) is 11.5. The third-order valence-corrected chi connectivity index (χ3v) is 3.46. The van der Waals surface area contributed by atoms with Gasteiger partial charge >= 0.3 is 0 Å². The Bertz CT molecular complexity index is 680. The molecule has 0 heterocycles. The highest BCUT2D eigenvalue weighted by Crippen LogP contribution is 2.22. The average Bonchev–Trinajstić information content (AvgIpc) is 2.48. The fourth-order valence-corrected chi connectivity index (χ4v) is 2.04. The van der Waals surface area contributed by atoms with Gasteiger partial charge in [-0.3, -0.25) is 4.79 Å². The summed E-state index contributed by atoms with van der Waals surface area (Å²) in [6.45, 7) is 1.58. The predicted octanol–water partition coefficient (Wildman–Crippen LogP) is 2.29. The Labute approximate surface area is 133 Å². The number of ether oxygens (including phenoxy) is 1. The van der Waals surface area contributed by atoms with Crippen molar-refractivity contribution in [2.45, 2.75) is 25.5 Å². The second kappa shape index (κ2) is 6.75. The lowest BCUT2D eigenvalue weighted by atomic mass is 9.93. The SMILES string of the molecule is CC(N)(Cc1ccc(COc2c(F)cccc2F)cc1)C(N)=O. The van der Waals surface area contributed by atoms with E-state index in [0.29, 0.717) is 6.42 Å². The largest absolute Gasteiger partial charge is 0.483 e. The van der Waals surface area contributed by atoms with E-state index in [0.717, 1.165) is 23.3 Å². The van der Waals surface area contributed by atoms with Gasteiger partial charge in [0, 0.05) is 0 Å². The first-order chi connectivity index (χ1) is 10.8. The van der Waals surface area contributed by atoms with Gasteiger partial charge in [0.25, 0.3) is 0 Å². The Hall–Kier alpha value is -2.47. The molecule has 4 N–H and O–H groups in total. The highest BCUT2D eigenvalue weighted by atomic mass is 19.1. The highest BCUT2D eigenvalue weighted by Gasteiger charge is 2.25. The molecule has 6 heteroatoms. The molecule has 0 aromatic heterocycles. The molecule has 1 amide bonds. The molecule has 0 saturated carbocycles. The molecule has 122 valence electrons. The lowest BCUT2D eigenvalue weighted by Crippen LogP contribution is -2.51. The molecule has 0 aliphatic rings. The molecule has 2 rings (SSSR count). The van der Waals surface area contributed by atoms with Gasteiger partial charge in [0.15, 0.2) is 17.4 Å². The van der Waals surface area contributed by atoms with Crippen LogP contribution in [0.4, 0.5) is 8.78 Å². The molecule has 0 bridgehead atoms. The summed E-state index contributed by atoms with van der Waals surface area (Å²) in [5, 5.41) is 0. The van der Waals surface area contributed by atoms with Gasteiger partial charge in [-0.15, -0.1) is 0 Å². The first kappa shape index (κ1) is 16.9. The van der Waals surface area contributed by atoms with Crippen molar-refractivity contribution in [2.24, 2.45) is 11.5 Å². The molecule has 2 aromatic carbocycles. The number of amides is 1. The zero-order valence-electron chi connectivity index (χ0n) is 12.7. The summed E-state index contributed by atoms with van der Waals surface area (Å²) in [6.07, 6.45) is 0.297. The fourth-order valence-electron chi connectivity index (χ4n) is 2.04. The van der Waals surface area contributed by atoms with Gasteiger partial charge in [0.1, 0.15) is 6.61 Å². The summed E-state index contributed by atoms with van der Waals surface area (Å²) in [6, 6.07) is 10.6. The first-order valence-electron chi connectivity index (χ1n) is 7.03. The van der Waals surface area contributed by atoms with Crippen LogP contribution in [0.3, 0.4) is 0 Å². The minimum Gasteiger partial charge on any atom is -0.483 e. The van der Waals surface area contributed by atoms with Crippen LogP contribution in [-0.4, -0.2) is 11.4 Å². The second-order valence-electron chi connectivity index (χ2n) is 5.61. The van der Waals surface area contributed by atoms with E-state index in [1.165, 1.54) is 6.07 Å². The summed E-state index contributed by atoms with van der Waals surface area (Å²) in [7, 11) is 0. The van der Waals surface area contributed by atoms with Crippen LogP contribution in [0.2, 0.25) is 0 Å². The zero-order valence-corrected chi connectivity index (χ0v) is 12.7. The van der Waals surface area contributed by atoms with E-state index in [1.54, 1.807) is 31.2 Å². The molecule has 0 aliphatic heterocycles. The minimum atomic E-state index is -1.13. The molecule has 0 aliphatic carbocycles. The van der Waals surface area contributed by atoms with Crippen LogP contribution in [0.5, 0.6) is 5.75 Å². The number of hydrogen-bond acceptors (Lipinski definition) is 3.